The fourth-order valence-corrected chi connectivity index (χ4v) is 3.53. The second-order valence-corrected chi connectivity index (χ2v) is 6.79. The maximum Gasteiger partial charge on any atom is 0.336 e. The molecule has 2 aromatic carbocycles. The van der Waals surface area contributed by atoms with Crippen LogP contribution in [0.15, 0.2) is 66.9 Å². The number of aromatic nitrogens is 2. The van der Waals surface area contributed by atoms with Gasteiger partial charge in [0.15, 0.2) is 0 Å². The molecule has 146 valence electrons. The molecule has 0 saturated carbocycles. The normalized spacial score (nSPS) is 12.1. The summed E-state index contributed by atoms with van der Waals surface area (Å²) in [5, 5.41) is 20.5. The molecule has 29 heavy (non-hydrogen) atoms. The van der Waals surface area contributed by atoms with Crippen LogP contribution in [-0.4, -0.2) is 32.7 Å². The van der Waals surface area contributed by atoms with Gasteiger partial charge in [-0.2, -0.15) is 4.98 Å². The zero-order valence-electron chi connectivity index (χ0n) is 16.0. The van der Waals surface area contributed by atoms with E-state index in [0.717, 1.165) is 11.1 Å². The summed E-state index contributed by atoms with van der Waals surface area (Å²) >= 11 is 0. The quantitative estimate of drug-likeness (QED) is 0.538. The first kappa shape index (κ1) is 18.7. The molecule has 2 N–H and O–H groups in total. The lowest BCUT2D eigenvalue weighted by Gasteiger charge is -2.17. The summed E-state index contributed by atoms with van der Waals surface area (Å²) in [6, 6.07) is 17.9. The molecular weight excluding hydrogens is 368 g/mol. The van der Waals surface area contributed by atoms with Gasteiger partial charge in [0.25, 0.3) is 0 Å². The predicted octanol–water partition coefficient (Wildman–Crippen LogP) is 4.10. The van der Waals surface area contributed by atoms with E-state index in [1.54, 1.807) is 37.6 Å². The molecular formula is C23H20N2O4. The number of nitrogens with zero attached hydrogens (tertiary/aromatic N) is 2. The van der Waals surface area contributed by atoms with Crippen molar-refractivity contribution >= 4 is 11.6 Å². The number of ether oxygens (including phenoxy) is 1. The van der Waals surface area contributed by atoms with Gasteiger partial charge < -0.3 is 14.9 Å². The molecule has 0 unspecified atom stereocenters. The van der Waals surface area contributed by atoms with Gasteiger partial charge in [0.05, 0.1) is 24.6 Å². The Morgan fingerprint density at radius 2 is 1.79 bits per heavy atom. The molecule has 0 amide bonds. The number of methoxy groups -OCH3 is 1. The third-order valence-corrected chi connectivity index (χ3v) is 5.02. The number of aryl methyl sites for hydroxylation is 1. The lowest BCUT2D eigenvalue weighted by atomic mass is 9.96. The summed E-state index contributed by atoms with van der Waals surface area (Å²) in [5.74, 6) is -0.495. The van der Waals surface area contributed by atoms with Gasteiger partial charge in [0.2, 0.25) is 5.88 Å². The van der Waals surface area contributed by atoms with Crippen molar-refractivity contribution in [1.29, 1.82) is 0 Å². The zero-order valence-corrected chi connectivity index (χ0v) is 16.0. The molecule has 0 fully saturated rings. The van der Waals surface area contributed by atoms with Crippen molar-refractivity contribution in [2.45, 2.75) is 13.0 Å². The summed E-state index contributed by atoms with van der Waals surface area (Å²) in [4.78, 5) is 15.8. The number of pyridine rings is 1. The summed E-state index contributed by atoms with van der Waals surface area (Å²) in [6.07, 6.45) is 0.875. The molecule has 6 heteroatoms. The Bertz CT molecular complexity index is 1200. The van der Waals surface area contributed by atoms with Crippen LogP contribution >= 0.6 is 0 Å². The van der Waals surface area contributed by atoms with E-state index in [1.807, 2.05) is 47.7 Å². The minimum Gasteiger partial charge on any atom is -0.480 e. The average Bonchev–Trinajstić information content (AvgIpc) is 3.16. The Labute approximate surface area is 167 Å². The number of carbonyl (C=O) groups is 1. The van der Waals surface area contributed by atoms with Crippen LogP contribution in [0.5, 0.6) is 5.88 Å². The van der Waals surface area contributed by atoms with Crippen molar-refractivity contribution in [3.8, 4) is 17.0 Å². The minimum atomic E-state index is -0.971. The first-order valence-corrected chi connectivity index (χ1v) is 9.13. The fraction of sp³-hybridized carbons (Fsp3) is 0.130. The van der Waals surface area contributed by atoms with Crippen LogP contribution in [0.2, 0.25) is 0 Å². The number of benzene rings is 2. The summed E-state index contributed by atoms with van der Waals surface area (Å²) < 4.78 is 7.04. The second-order valence-electron chi connectivity index (χ2n) is 6.79. The lowest BCUT2D eigenvalue weighted by Crippen LogP contribution is -2.08. The lowest BCUT2D eigenvalue weighted by molar-refractivity contribution is 0.0697. The highest BCUT2D eigenvalue weighted by molar-refractivity contribution is 5.96. The third-order valence-electron chi connectivity index (χ3n) is 5.02. The van der Waals surface area contributed by atoms with Gasteiger partial charge in [-0.15, -0.1) is 0 Å². The van der Waals surface area contributed by atoms with Crippen molar-refractivity contribution in [3.05, 3.63) is 89.2 Å². The van der Waals surface area contributed by atoms with Gasteiger partial charge in [-0.05, 0) is 41.3 Å². The first-order chi connectivity index (χ1) is 14.0. The van der Waals surface area contributed by atoms with Gasteiger partial charge >= 0.3 is 5.97 Å². The summed E-state index contributed by atoms with van der Waals surface area (Å²) in [6.45, 7) is 1.93. The third kappa shape index (κ3) is 3.34. The van der Waals surface area contributed by atoms with Crippen molar-refractivity contribution in [3.63, 3.8) is 0 Å². The average molecular weight is 388 g/mol. The predicted molar refractivity (Wildman–Crippen MR) is 109 cm³/mol. The molecule has 0 aliphatic carbocycles. The first-order valence-electron chi connectivity index (χ1n) is 9.13. The van der Waals surface area contributed by atoms with E-state index in [0.29, 0.717) is 28.3 Å². The SMILES string of the molecule is COc1cn2c([C@H](O)c3ccc(-c4ccccc4C(=O)O)cc3)c(C)ccc2n1. The minimum absolute atomic E-state index is 0.243. The van der Waals surface area contributed by atoms with Crippen LogP contribution in [0.3, 0.4) is 0 Å². The topological polar surface area (TPSA) is 84.1 Å². The largest absolute Gasteiger partial charge is 0.480 e. The van der Waals surface area contributed by atoms with Crippen LogP contribution in [0.4, 0.5) is 0 Å². The van der Waals surface area contributed by atoms with Gasteiger partial charge in [0.1, 0.15) is 11.8 Å². The maximum absolute atomic E-state index is 11.5. The maximum atomic E-state index is 11.5. The van der Waals surface area contributed by atoms with E-state index in [9.17, 15) is 15.0 Å². The Kier molecular flexibility index (Phi) is 4.78. The van der Waals surface area contributed by atoms with Crippen LogP contribution < -0.4 is 4.74 Å². The summed E-state index contributed by atoms with van der Waals surface area (Å²) in [5.41, 5.74) is 4.67. The molecule has 0 aliphatic rings. The van der Waals surface area contributed by atoms with Gasteiger partial charge in [-0.1, -0.05) is 48.5 Å². The highest BCUT2D eigenvalue weighted by Crippen LogP contribution is 2.30. The number of fused-ring (bicyclic) bond motifs is 1. The van der Waals surface area contributed by atoms with Crippen LogP contribution in [0, 0.1) is 6.92 Å². The number of hydrogen-bond acceptors (Lipinski definition) is 4. The molecule has 0 spiro atoms. The molecule has 0 aliphatic heterocycles. The van der Waals surface area contributed by atoms with E-state index in [4.69, 9.17) is 4.74 Å². The van der Waals surface area contributed by atoms with Crippen LogP contribution in [-0.2, 0) is 0 Å². The number of aromatic carboxylic acids is 1. The van der Waals surface area contributed by atoms with Gasteiger partial charge in [-0.25, -0.2) is 4.79 Å². The Morgan fingerprint density at radius 3 is 2.48 bits per heavy atom. The van der Waals surface area contributed by atoms with Crippen LogP contribution in [0.25, 0.3) is 16.8 Å². The number of hydrogen-bond donors (Lipinski definition) is 2. The van der Waals surface area contributed by atoms with Crippen molar-refractivity contribution in [1.82, 2.24) is 9.38 Å². The number of carboxylic acids is 1. The van der Waals surface area contributed by atoms with E-state index in [2.05, 4.69) is 4.98 Å². The van der Waals surface area contributed by atoms with Crippen LogP contribution in [0.1, 0.15) is 33.3 Å². The molecule has 2 aromatic heterocycles. The number of aliphatic hydroxyl groups is 1. The molecule has 0 saturated heterocycles. The van der Waals surface area contributed by atoms with Gasteiger partial charge in [-0.3, -0.25) is 4.40 Å². The number of aliphatic hydroxyl groups excluding tert-OH is 1. The smallest absolute Gasteiger partial charge is 0.336 e. The zero-order chi connectivity index (χ0) is 20.5. The number of rotatable bonds is 5. The van der Waals surface area contributed by atoms with E-state index >= 15 is 0 Å². The number of carboxylic acid groups (broad SMARTS) is 1. The van der Waals surface area contributed by atoms with E-state index in [1.165, 1.54) is 0 Å². The van der Waals surface area contributed by atoms with Crippen molar-refractivity contribution in [2.24, 2.45) is 0 Å². The monoisotopic (exact) mass is 388 g/mol. The van der Waals surface area contributed by atoms with Crippen molar-refractivity contribution < 1.29 is 19.7 Å². The Morgan fingerprint density at radius 1 is 1.07 bits per heavy atom. The molecule has 2 heterocycles. The Balaban J connectivity index is 1.74. The van der Waals surface area contributed by atoms with Crippen molar-refractivity contribution in [2.75, 3.05) is 7.11 Å². The highest BCUT2D eigenvalue weighted by Gasteiger charge is 2.19. The molecule has 0 radical (unpaired) electrons. The molecule has 0 bridgehead atoms. The fourth-order valence-electron chi connectivity index (χ4n) is 3.53. The highest BCUT2D eigenvalue weighted by atomic mass is 16.5. The molecule has 4 aromatic rings. The second kappa shape index (κ2) is 7.41. The molecule has 1 atom stereocenters. The standard InChI is InChI=1S/C23H20N2O4/c1-14-7-12-19-24-20(29-2)13-25(19)21(14)22(26)16-10-8-15(9-11-16)17-5-3-4-6-18(17)23(27)28/h3-13,22,26H,1-2H3,(H,27,28)/t22-/m1/s1. The van der Waals surface area contributed by atoms with E-state index < -0.39 is 12.1 Å². The van der Waals surface area contributed by atoms with E-state index in [-0.39, 0.29) is 5.56 Å². The summed E-state index contributed by atoms with van der Waals surface area (Å²) in [7, 11) is 1.55. The Hall–Kier alpha value is -3.64. The number of imidazole rings is 1. The molecule has 6 nitrogen and oxygen atoms in total. The molecule has 4 rings (SSSR count). The van der Waals surface area contributed by atoms with Gasteiger partial charge in [0, 0.05) is 0 Å².